The molecule has 0 aliphatic heterocycles. The summed E-state index contributed by atoms with van der Waals surface area (Å²) in [6.07, 6.45) is 2.98. The topological polar surface area (TPSA) is 77.1 Å². The molecule has 136 valence electrons. The Hall–Kier alpha value is -3.19. The maximum atomic E-state index is 13.0. The lowest BCUT2D eigenvalue weighted by Gasteiger charge is -2.12. The Bertz CT molecular complexity index is 1130. The van der Waals surface area contributed by atoms with E-state index in [-0.39, 0.29) is 24.1 Å². The van der Waals surface area contributed by atoms with E-state index in [0.29, 0.717) is 16.0 Å². The molecule has 7 heteroatoms. The molecule has 0 bridgehead atoms. The molecule has 3 aromatic heterocycles. The normalized spacial score (nSPS) is 12.2. The highest BCUT2D eigenvalue weighted by molar-refractivity contribution is 7.17. The molecule has 1 atom stereocenters. The SMILES string of the molecule is C[C@H](NC(=O)Cn1cnc2scc(-c3ccccc3)c2c1=O)c1ccco1. The van der Waals surface area contributed by atoms with Crippen LogP contribution in [0.15, 0.2) is 69.6 Å². The summed E-state index contributed by atoms with van der Waals surface area (Å²) in [7, 11) is 0. The van der Waals surface area contributed by atoms with Crippen LogP contribution < -0.4 is 10.9 Å². The summed E-state index contributed by atoms with van der Waals surface area (Å²) in [5.41, 5.74) is 1.57. The van der Waals surface area contributed by atoms with E-state index in [2.05, 4.69) is 10.3 Å². The highest BCUT2D eigenvalue weighted by Gasteiger charge is 2.16. The van der Waals surface area contributed by atoms with Crippen molar-refractivity contribution in [3.8, 4) is 11.1 Å². The second-order valence-electron chi connectivity index (χ2n) is 6.18. The molecule has 3 heterocycles. The zero-order valence-corrected chi connectivity index (χ0v) is 15.4. The van der Waals surface area contributed by atoms with Gasteiger partial charge in [-0.3, -0.25) is 14.2 Å². The predicted octanol–water partition coefficient (Wildman–Crippen LogP) is 3.60. The summed E-state index contributed by atoms with van der Waals surface area (Å²) in [4.78, 5) is 30.3. The molecule has 0 aliphatic rings. The van der Waals surface area contributed by atoms with Gasteiger partial charge in [0.15, 0.2) is 0 Å². The Balaban J connectivity index is 1.62. The number of aromatic nitrogens is 2. The van der Waals surface area contributed by atoms with Gasteiger partial charge in [0, 0.05) is 10.9 Å². The van der Waals surface area contributed by atoms with Crippen LogP contribution in [-0.4, -0.2) is 15.5 Å². The van der Waals surface area contributed by atoms with Crippen LogP contribution in [0.2, 0.25) is 0 Å². The number of hydrogen-bond donors (Lipinski definition) is 1. The minimum Gasteiger partial charge on any atom is -0.467 e. The lowest BCUT2D eigenvalue weighted by Crippen LogP contribution is -2.33. The van der Waals surface area contributed by atoms with Gasteiger partial charge in [-0.1, -0.05) is 30.3 Å². The van der Waals surface area contributed by atoms with Gasteiger partial charge in [-0.15, -0.1) is 11.3 Å². The molecular formula is C20H17N3O3S. The number of hydrogen-bond acceptors (Lipinski definition) is 5. The van der Waals surface area contributed by atoms with E-state index in [1.54, 1.807) is 18.4 Å². The van der Waals surface area contributed by atoms with Gasteiger partial charge in [-0.05, 0) is 24.6 Å². The third-order valence-corrected chi connectivity index (χ3v) is 5.19. The van der Waals surface area contributed by atoms with E-state index in [1.165, 1.54) is 22.2 Å². The van der Waals surface area contributed by atoms with Crippen LogP contribution in [0, 0.1) is 0 Å². The number of carbonyl (C=O) groups excluding carboxylic acids is 1. The third kappa shape index (κ3) is 3.41. The van der Waals surface area contributed by atoms with E-state index >= 15 is 0 Å². The minimum atomic E-state index is -0.279. The molecule has 0 fully saturated rings. The maximum absolute atomic E-state index is 13.0. The Labute approximate surface area is 159 Å². The number of furan rings is 1. The summed E-state index contributed by atoms with van der Waals surface area (Å²) in [6, 6.07) is 13.0. The fourth-order valence-corrected chi connectivity index (χ4v) is 3.87. The number of nitrogens with zero attached hydrogens (tertiary/aromatic N) is 2. The molecule has 4 aromatic rings. The molecule has 1 aromatic carbocycles. The van der Waals surface area contributed by atoms with Gasteiger partial charge < -0.3 is 9.73 Å². The molecular weight excluding hydrogens is 362 g/mol. The van der Waals surface area contributed by atoms with Crippen LogP contribution in [0.1, 0.15) is 18.7 Å². The molecule has 0 saturated carbocycles. The number of fused-ring (bicyclic) bond motifs is 1. The smallest absolute Gasteiger partial charge is 0.263 e. The van der Waals surface area contributed by atoms with E-state index in [1.807, 2.05) is 42.6 Å². The molecule has 4 rings (SSSR count). The highest BCUT2D eigenvalue weighted by atomic mass is 32.1. The maximum Gasteiger partial charge on any atom is 0.263 e. The predicted molar refractivity (Wildman–Crippen MR) is 105 cm³/mol. The molecule has 27 heavy (non-hydrogen) atoms. The summed E-state index contributed by atoms with van der Waals surface area (Å²) < 4.78 is 6.63. The summed E-state index contributed by atoms with van der Waals surface area (Å²) >= 11 is 1.42. The third-order valence-electron chi connectivity index (χ3n) is 4.31. The Morgan fingerprint density at radius 3 is 2.81 bits per heavy atom. The highest BCUT2D eigenvalue weighted by Crippen LogP contribution is 2.30. The standard InChI is InChI=1S/C20H17N3O3S/c1-13(16-8-5-9-26-16)22-17(24)10-23-12-21-19-18(20(23)25)15(11-27-19)14-6-3-2-4-7-14/h2-9,11-13H,10H2,1H3,(H,22,24)/t13-/m0/s1. The average molecular weight is 379 g/mol. The van der Waals surface area contributed by atoms with Crippen molar-refractivity contribution in [1.29, 1.82) is 0 Å². The van der Waals surface area contributed by atoms with Crippen molar-refractivity contribution in [2.45, 2.75) is 19.5 Å². The molecule has 1 N–H and O–H groups in total. The van der Waals surface area contributed by atoms with Gasteiger partial charge >= 0.3 is 0 Å². The van der Waals surface area contributed by atoms with Crippen LogP contribution in [0.5, 0.6) is 0 Å². The molecule has 1 amide bonds. The van der Waals surface area contributed by atoms with Gasteiger partial charge in [-0.25, -0.2) is 4.98 Å². The summed E-state index contributed by atoms with van der Waals surface area (Å²) in [6.45, 7) is 1.73. The van der Waals surface area contributed by atoms with Crippen molar-refractivity contribution >= 4 is 27.5 Å². The Morgan fingerprint density at radius 1 is 1.26 bits per heavy atom. The van der Waals surface area contributed by atoms with Gasteiger partial charge in [0.25, 0.3) is 5.56 Å². The number of carbonyl (C=O) groups is 1. The largest absolute Gasteiger partial charge is 0.467 e. The summed E-state index contributed by atoms with van der Waals surface area (Å²) in [5.74, 6) is 0.382. The van der Waals surface area contributed by atoms with Gasteiger partial charge in [0.1, 0.15) is 17.1 Å². The number of rotatable bonds is 5. The number of nitrogens with one attached hydrogen (secondary N) is 1. The van der Waals surface area contributed by atoms with E-state index in [9.17, 15) is 9.59 Å². The summed E-state index contributed by atoms with van der Waals surface area (Å²) in [5, 5.41) is 5.30. The first kappa shape index (κ1) is 17.2. The lowest BCUT2D eigenvalue weighted by molar-refractivity contribution is -0.122. The first-order valence-electron chi connectivity index (χ1n) is 8.48. The number of amides is 1. The Morgan fingerprint density at radius 2 is 2.07 bits per heavy atom. The molecule has 0 spiro atoms. The van der Waals surface area contributed by atoms with Crippen LogP contribution in [-0.2, 0) is 11.3 Å². The van der Waals surface area contributed by atoms with Gasteiger partial charge in [0.2, 0.25) is 5.91 Å². The molecule has 6 nitrogen and oxygen atoms in total. The average Bonchev–Trinajstić information content (AvgIpc) is 3.35. The van der Waals surface area contributed by atoms with Crippen LogP contribution >= 0.6 is 11.3 Å². The van der Waals surface area contributed by atoms with E-state index < -0.39 is 0 Å². The van der Waals surface area contributed by atoms with Crippen molar-refractivity contribution in [2.75, 3.05) is 0 Å². The van der Waals surface area contributed by atoms with Crippen LogP contribution in [0.3, 0.4) is 0 Å². The van der Waals surface area contributed by atoms with Crippen molar-refractivity contribution < 1.29 is 9.21 Å². The van der Waals surface area contributed by atoms with Gasteiger partial charge in [0.05, 0.1) is 24.0 Å². The van der Waals surface area contributed by atoms with Gasteiger partial charge in [-0.2, -0.15) is 0 Å². The Kier molecular flexibility index (Phi) is 4.60. The fourth-order valence-electron chi connectivity index (χ4n) is 2.96. The zero-order valence-electron chi connectivity index (χ0n) is 14.6. The second-order valence-corrected chi connectivity index (χ2v) is 7.04. The molecule has 0 radical (unpaired) electrons. The molecule has 0 saturated heterocycles. The molecule has 0 unspecified atom stereocenters. The number of thiophene rings is 1. The first-order chi connectivity index (χ1) is 13.1. The molecule has 0 aliphatic carbocycles. The number of benzene rings is 1. The van der Waals surface area contributed by atoms with Crippen molar-refractivity contribution in [3.05, 3.63) is 76.5 Å². The fraction of sp³-hybridized carbons (Fsp3) is 0.150. The second kappa shape index (κ2) is 7.20. The lowest BCUT2D eigenvalue weighted by atomic mass is 10.1. The first-order valence-corrected chi connectivity index (χ1v) is 9.36. The van der Waals surface area contributed by atoms with E-state index in [4.69, 9.17) is 4.42 Å². The quantitative estimate of drug-likeness (QED) is 0.575. The van der Waals surface area contributed by atoms with Crippen LogP contribution in [0.25, 0.3) is 21.3 Å². The zero-order chi connectivity index (χ0) is 18.8. The van der Waals surface area contributed by atoms with E-state index in [0.717, 1.165) is 11.1 Å². The van der Waals surface area contributed by atoms with Crippen molar-refractivity contribution in [2.24, 2.45) is 0 Å². The monoisotopic (exact) mass is 379 g/mol. The van der Waals surface area contributed by atoms with Crippen molar-refractivity contribution in [1.82, 2.24) is 14.9 Å². The minimum absolute atomic E-state index is 0.100. The van der Waals surface area contributed by atoms with Crippen LogP contribution in [0.4, 0.5) is 0 Å². The van der Waals surface area contributed by atoms with Crippen molar-refractivity contribution in [3.63, 3.8) is 0 Å².